The third kappa shape index (κ3) is 2.81. The molecule has 2 N–H and O–H groups in total. The minimum atomic E-state index is -0.128. The molecule has 2 aromatic rings. The maximum Gasteiger partial charge on any atom is 0.271 e. The molecule has 0 bridgehead atoms. The molecule has 0 saturated heterocycles. The highest BCUT2D eigenvalue weighted by Crippen LogP contribution is 2.27. The van der Waals surface area contributed by atoms with E-state index in [0.717, 1.165) is 11.3 Å². The van der Waals surface area contributed by atoms with Crippen LogP contribution in [0.5, 0.6) is 5.75 Å². The van der Waals surface area contributed by atoms with Gasteiger partial charge in [-0.2, -0.15) is 0 Å². The molecule has 2 rings (SSSR count). The van der Waals surface area contributed by atoms with Crippen molar-refractivity contribution >= 4 is 40.1 Å². The second-order valence-corrected chi connectivity index (χ2v) is 5.45. The Balaban J connectivity index is 2.31. The first-order valence-electron chi connectivity index (χ1n) is 5.84. The standard InChI is InChI=1S/C14H14N2O2S2/c1-16(10-5-3-4-9(8-10)13(15)19)14(17)12-11(18-2)6-7-20-12/h3-8H,1-2H3,(H2,15,19). The van der Waals surface area contributed by atoms with Crippen molar-refractivity contribution in [1.82, 2.24) is 0 Å². The van der Waals surface area contributed by atoms with Gasteiger partial charge in [-0.25, -0.2) is 0 Å². The number of hydrogen-bond acceptors (Lipinski definition) is 4. The summed E-state index contributed by atoms with van der Waals surface area (Å²) in [5.41, 5.74) is 7.07. The van der Waals surface area contributed by atoms with Gasteiger partial charge in [-0.05, 0) is 23.6 Å². The van der Waals surface area contributed by atoms with Crippen LogP contribution in [-0.4, -0.2) is 25.1 Å². The van der Waals surface area contributed by atoms with Crippen molar-refractivity contribution in [1.29, 1.82) is 0 Å². The summed E-state index contributed by atoms with van der Waals surface area (Å²) in [6.45, 7) is 0. The van der Waals surface area contributed by atoms with Gasteiger partial charge in [0.15, 0.2) is 0 Å². The number of benzene rings is 1. The summed E-state index contributed by atoms with van der Waals surface area (Å²) in [6, 6.07) is 9.03. The number of carbonyl (C=O) groups excluding carboxylic acids is 1. The number of rotatable bonds is 4. The van der Waals surface area contributed by atoms with Crippen molar-refractivity contribution in [3.8, 4) is 5.75 Å². The maximum absolute atomic E-state index is 12.5. The van der Waals surface area contributed by atoms with E-state index in [4.69, 9.17) is 22.7 Å². The van der Waals surface area contributed by atoms with Gasteiger partial charge in [-0.1, -0.05) is 24.4 Å². The van der Waals surface area contributed by atoms with Gasteiger partial charge in [0.2, 0.25) is 0 Å². The highest BCUT2D eigenvalue weighted by Gasteiger charge is 2.19. The van der Waals surface area contributed by atoms with Gasteiger partial charge in [0.05, 0.1) is 7.11 Å². The van der Waals surface area contributed by atoms with Crippen LogP contribution in [0.4, 0.5) is 5.69 Å². The topological polar surface area (TPSA) is 55.6 Å². The molecule has 0 saturated carbocycles. The Kier molecular flexibility index (Phi) is 4.36. The van der Waals surface area contributed by atoms with Crippen LogP contribution in [0.15, 0.2) is 35.7 Å². The number of thiophene rings is 1. The van der Waals surface area contributed by atoms with Crippen LogP contribution < -0.4 is 15.4 Å². The Labute approximate surface area is 126 Å². The zero-order valence-electron chi connectivity index (χ0n) is 11.1. The lowest BCUT2D eigenvalue weighted by Gasteiger charge is -2.18. The monoisotopic (exact) mass is 306 g/mol. The van der Waals surface area contributed by atoms with Crippen molar-refractivity contribution in [2.45, 2.75) is 0 Å². The van der Waals surface area contributed by atoms with Crippen LogP contribution in [-0.2, 0) is 0 Å². The van der Waals surface area contributed by atoms with E-state index in [0.29, 0.717) is 15.6 Å². The fourth-order valence-electron chi connectivity index (χ4n) is 1.75. The van der Waals surface area contributed by atoms with E-state index in [2.05, 4.69) is 0 Å². The molecule has 1 aromatic carbocycles. The van der Waals surface area contributed by atoms with Gasteiger partial charge in [-0.3, -0.25) is 4.79 Å². The fourth-order valence-corrected chi connectivity index (χ4v) is 2.71. The SMILES string of the molecule is COc1ccsc1C(=O)N(C)c1cccc(C(N)=S)c1. The van der Waals surface area contributed by atoms with E-state index < -0.39 is 0 Å². The molecule has 6 heteroatoms. The van der Waals surface area contributed by atoms with Gasteiger partial charge in [0.25, 0.3) is 5.91 Å². The number of ether oxygens (including phenoxy) is 1. The van der Waals surface area contributed by atoms with E-state index in [9.17, 15) is 4.79 Å². The first kappa shape index (κ1) is 14.5. The summed E-state index contributed by atoms with van der Waals surface area (Å²) < 4.78 is 5.18. The van der Waals surface area contributed by atoms with E-state index in [-0.39, 0.29) is 5.91 Å². The van der Waals surface area contributed by atoms with Crippen LogP contribution in [0.25, 0.3) is 0 Å². The van der Waals surface area contributed by atoms with Crippen molar-refractivity contribution in [2.24, 2.45) is 5.73 Å². The summed E-state index contributed by atoms with van der Waals surface area (Å²) in [7, 11) is 3.26. The predicted octanol–water partition coefficient (Wildman–Crippen LogP) is 2.67. The summed E-state index contributed by atoms with van der Waals surface area (Å²) in [4.78, 5) is 14.9. The van der Waals surface area contributed by atoms with Crippen molar-refractivity contribution in [2.75, 3.05) is 19.1 Å². The maximum atomic E-state index is 12.5. The second-order valence-electron chi connectivity index (χ2n) is 4.10. The van der Waals surface area contributed by atoms with Crippen molar-refractivity contribution in [3.05, 3.63) is 46.2 Å². The molecule has 104 valence electrons. The van der Waals surface area contributed by atoms with Crippen LogP contribution in [0.2, 0.25) is 0 Å². The van der Waals surface area contributed by atoms with Crippen LogP contribution in [0.3, 0.4) is 0 Å². The van der Waals surface area contributed by atoms with E-state index >= 15 is 0 Å². The molecule has 0 aliphatic carbocycles. The predicted molar refractivity (Wildman–Crippen MR) is 85.9 cm³/mol. The fraction of sp³-hybridized carbons (Fsp3) is 0.143. The van der Waals surface area contributed by atoms with Gasteiger partial charge in [0.1, 0.15) is 15.6 Å². The van der Waals surface area contributed by atoms with E-state index in [1.807, 2.05) is 23.6 Å². The first-order valence-corrected chi connectivity index (χ1v) is 7.12. The molecule has 0 fully saturated rings. The molecule has 0 aliphatic rings. The molecule has 0 radical (unpaired) electrons. The van der Waals surface area contributed by atoms with Crippen molar-refractivity contribution < 1.29 is 9.53 Å². The lowest BCUT2D eigenvalue weighted by atomic mass is 10.2. The minimum absolute atomic E-state index is 0.128. The number of hydrogen-bond donors (Lipinski definition) is 1. The number of thiocarbonyl (C=S) groups is 1. The zero-order valence-corrected chi connectivity index (χ0v) is 12.8. The van der Waals surface area contributed by atoms with Gasteiger partial charge < -0.3 is 15.4 Å². The highest BCUT2D eigenvalue weighted by atomic mass is 32.1. The highest BCUT2D eigenvalue weighted by molar-refractivity contribution is 7.80. The number of anilines is 1. The Morgan fingerprint density at radius 3 is 2.80 bits per heavy atom. The third-order valence-corrected chi connectivity index (χ3v) is 3.99. The number of nitrogens with zero attached hydrogens (tertiary/aromatic N) is 1. The quantitative estimate of drug-likeness (QED) is 0.882. The molecular weight excluding hydrogens is 292 g/mol. The average Bonchev–Trinajstić information content (AvgIpc) is 2.94. The van der Waals surface area contributed by atoms with Crippen LogP contribution in [0.1, 0.15) is 15.2 Å². The Hall–Kier alpha value is -1.92. The summed E-state index contributed by atoms with van der Waals surface area (Å²) in [6.07, 6.45) is 0. The average molecular weight is 306 g/mol. The minimum Gasteiger partial charge on any atom is -0.495 e. The molecule has 0 spiro atoms. The second kappa shape index (κ2) is 6.02. The molecule has 0 unspecified atom stereocenters. The summed E-state index contributed by atoms with van der Waals surface area (Å²) >= 11 is 6.30. The largest absolute Gasteiger partial charge is 0.495 e. The van der Waals surface area contributed by atoms with Gasteiger partial charge in [-0.15, -0.1) is 11.3 Å². The number of amides is 1. The van der Waals surface area contributed by atoms with Gasteiger partial charge >= 0.3 is 0 Å². The smallest absolute Gasteiger partial charge is 0.271 e. The molecule has 20 heavy (non-hydrogen) atoms. The normalized spacial score (nSPS) is 10.1. The van der Waals surface area contributed by atoms with Crippen LogP contribution in [0, 0.1) is 0 Å². The van der Waals surface area contributed by atoms with E-state index in [1.54, 1.807) is 31.2 Å². The third-order valence-electron chi connectivity index (χ3n) is 2.87. The Morgan fingerprint density at radius 1 is 1.40 bits per heavy atom. The number of nitrogens with two attached hydrogens (primary N) is 1. The molecule has 1 heterocycles. The molecule has 0 atom stereocenters. The Bertz CT molecular complexity index is 652. The molecule has 0 aliphatic heterocycles. The zero-order chi connectivity index (χ0) is 14.7. The molecule has 1 amide bonds. The summed E-state index contributed by atoms with van der Waals surface area (Å²) in [5, 5.41) is 1.82. The van der Waals surface area contributed by atoms with Gasteiger partial charge in [0, 0.05) is 18.3 Å². The van der Waals surface area contributed by atoms with E-state index in [1.165, 1.54) is 11.3 Å². The molecular formula is C14H14N2O2S2. The number of carbonyl (C=O) groups is 1. The number of methoxy groups -OCH3 is 1. The first-order chi connectivity index (χ1) is 9.54. The lowest BCUT2D eigenvalue weighted by Crippen LogP contribution is -2.26. The lowest BCUT2D eigenvalue weighted by molar-refractivity contribution is 0.0994. The molecule has 4 nitrogen and oxygen atoms in total. The van der Waals surface area contributed by atoms with Crippen molar-refractivity contribution in [3.63, 3.8) is 0 Å². The van der Waals surface area contributed by atoms with Crippen LogP contribution >= 0.6 is 23.6 Å². The molecule has 1 aromatic heterocycles. The Morgan fingerprint density at radius 2 is 2.15 bits per heavy atom. The summed E-state index contributed by atoms with van der Waals surface area (Å²) in [5.74, 6) is 0.453.